The van der Waals surface area contributed by atoms with Gasteiger partial charge in [0.2, 0.25) is 0 Å². The summed E-state index contributed by atoms with van der Waals surface area (Å²) in [6.45, 7) is 8.21. The molecule has 3 heterocycles. The molecule has 5 nitrogen and oxygen atoms in total. The first kappa shape index (κ1) is 19.3. The Kier molecular flexibility index (Phi) is 6.40. The minimum atomic E-state index is -0.249. The Bertz CT molecular complexity index is 883. The van der Waals surface area contributed by atoms with Crippen LogP contribution in [0.1, 0.15) is 38.7 Å². The maximum atomic E-state index is 13.4. The number of anilines is 1. The van der Waals surface area contributed by atoms with Gasteiger partial charge in [-0.25, -0.2) is 4.39 Å². The van der Waals surface area contributed by atoms with Crippen LogP contribution in [0, 0.1) is 5.82 Å². The Hall–Kier alpha value is -2.47. The van der Waals surface area contributed by atoms with E-state index in [9.17, 15) is 4.39 Å². The van der Waals surface area contributed by atoms with Crippen molar-refractivity contribution < 1.29 is 4.39 Å². The van der Waals surface area contributed by atoms with Gasteiger partial charge in [-0.15, -0.1) is 10.2 Å². The average Bonchev–Trinajstić information content (AvgIpc) is 3.09. The molecular formula is C21H28FN5. The molecule has 144 valence electrons. The zero-order valence-corrected chi connectivity index (χ0v) is 16.1. The van der Waals surface area contributed by atoms with Crippen molar-refractivity contribution >= 4 is 16.7 Å². The number of aryl methyl sites for hydroxylation is 1. The van der Waals surface area contributed by atoms with Crippen LogP contribution >= 0.6 is 0 Å². The van der Waals surface area contributed by atoms with Crippen LogP contribution in [0.25, 0.3) is 22.2 Å². The van der Waals surface area contributed by atoms with Crippen molar-refractivity contribution in [3.05, 3.63) is 41.8 Å². The normalized spacial score (nSPS) is 14.8. The van der Waals surface area contributed by atoms with Gasteiger partial charge in [-0.1, -0.05) is 26.3 Å². The third kappa shape index (κ3) is 4.63. The number of nitrogens with two attached hydrogens (primary N) is 1. The quantitative estimate of drug-likeness (QED) is 0.718. The molecule has 0 unspecified atom stereocenters. The van der Waals surface area contributed by atoms with E-state index in [1.807, 2.05) is 25.1 Å². The number of nitrogen functional groups attached to an aromatic ring is 1. The maximum Gasteiger partial charge on any atom is 0.148 e. The van der Waals surface area contributed by atoms with Gasteiger partial charge in [0, 0.05) is 22.7 Å². The van der Waals surface area contributed by atoms with E-state index < -0.39 is 0 Å². The fourth-order valence-electron chi connectivity index (χ4n) is 3.47. The van der Waals surface area contributed by atoms with Crippen molar-refractivity contribution in [2.45, 2.75) is 39.5 Å². The Balaban J connectivity index is 0.000000221. The van der Waals surface area contributed by atoms with Gasteiger partial charge in [-0.05, 0) is 62.7 Å². The van der Waals surface area contributed by atoms with Gasteiger partial charge in [0.15, 0.2) is 0 Å². The summed E-state index contributed by atoms with van der Waals surface area (Å²) in [6, 6.07) is 7.28. The summed E-state index contributed by atoms with van der Waals surface area (Å²) in [7, 11) is 0. The third-order valence-corrected chi connectivity index (χ3v) is 5.07. The molecule has 6 heteroatoms. The number of H-pyrrole nitrogens is 1. The number of fused-ring (bicyclic) bond motifs is 1. The number of hydrogen-bond donors (Lipinski definition) is 2. The summed E-state index contributed by atoms with van der Waals surface area (Å²) in [6.07, 6.45) is 6.47. The van der Waals surface area contributed by atoms with Crippen LogP contribution in [0.4, 0.5) is 10.2 Å². The van der Waals surface area contributed by atoms with Crippen LogP contribution in [0.3, 0.4) is 0 Å². The lowest BCUT2D eigenvalue weighted by atomic mass is 10.0. The van der Waals surface area contributed by atoms with Crippen LogP contribution in [0.5, 0.6) is 0 Å². The molecule has 1 saturated heterocycles. The number of rotatable bonds is 3. The molecule has 1 aliphatic heterocycles. The van der Waals surface area contributed by atoms with Gasteiger partial charge < -0.3 is 15.6 Å². The summed E-state index contributed by atoms with van der Waals surface area (Å²) in [5, 5.41) is 8.62. The monoisotopic (exact) mass is 369 g/mol. The van der Waals surface area contributed by atoms with E-state index in [4.69, 9.17) is 5.73 Å². The molecule has 2 aromatic heterocycles. The standard InChI is InChI=1S/C14H13FN4.C7H15N/c1-2-8-6-13(16)18-19-14(8)9-3-4-10-11(15)7-17-12(10)5-9;1-2-8-6-4-3-5-7-8/h3-7,17H,2H2,1H3,(H2,16,18);2-7H2,1H3. The van der Waals surface area contributed by atoms with E-state index in [0.29, 0.717) is 11.2 Å². The lowest BCUT2D eigenvalue weighted by Gasteiger charge is -2.24. The summed E-state index contributed by atoms with van der Waals surface area (Å²) >= 11 is 0. The number of nitrogens with zero attached hydrogens (tertiary/aromatic N) is 3. The van der Waals surface area contributed by atoms with Crippen LogP contribution in [0.2, 0.25) is 0 Å². The Morgan fingerprint density at radius 2 is 1.89 bits per heavy atom. The molecule has 0 aliphatic carbocycles. The Morgan fingerprint density at radius 3 is 2.56 bits per heavy atom. The smallest absolute Gasteiger partial charge is 0.148 e. The van der Waals surface area contributed by atoms with Crippen molar-refractivity contribution in [2.75, 3.05) is 25.4 Å². The first-order valence-electron chi connectivity index (χ1n) is 9.73. The molecule has 27 heavy (non-hydrogen) atoms. The van der Waals surface area contributed by atoms with Gasteiger partial charge in [0.05, 0.1) is 5.69 Å². The number of nitrogens with one attached hydrogen (secondary N) is 1. The van der Waals surface area contributed by atoms with Crippen molar-refractivity contribution in [3.63, 3.8) is 0 Å². The second kappa shape index (κ2) is 8.95. The molecule has 1 aliphatic rings. The van der Waals surface area contributed by atoms with Crippen molar-refractivity contribution in [3.8, 4) is 11.3 Å². The van der Waals surface area contributed by atoms with Gasteiger partial charge in [0.1, 0.15) is 11.6 Å². The first-order valence-corrected chi connectivity index (χ1v) is 9.73. The van der Waals surface area contributed by atoms with E-state index in [-0.39, 0.29) is 5.82 Å². The second-order valence-corrected chi connectivity index (χ2v) is 6.89. The predicted molar refractivity (Wildman–Crippen MR) is 109 cm³/mol. The number of aromatic nitrogens is 3. The van der Waals surface area contributed by atoms with Gasteiger partial charge >= 0.3 is 0 Å². The van der Waals surface area contributed by atoms with Crippen LogP contribution in [-0.2, 0) is 6.42 Å². The molecule has 0 bridgehead atoms. The Morgan fingerprint density at radius 1 is 1.11 bits per heavy atom. The first-order chi connectivity index (χ1) is 13.1. The van der Waals surface area contributed by atoms with E-state index >= 15 is 0 Å². The number of piperidine rings is 1. The minimum absolute atomic E-state index is 0.249. The molecule has 0 atom stereocenters. The van der Waals surface area contributed by atoms with Gasteiger partial charge in [0.25, 0.3) is 0 Å². The van der Waals surface area contributed by atoms with Gasteiger partial charge in [-0.2, -0.15) is 0 Å². The molecule has 4 rings (SSSR count). The zero-order chi connectivity index (χ0) is 19.2. The highest BCUT2D eigenvalue weighted by molar-refractivity contribution is 5.85. The third-order valence-electron chi connectivity index (χ3n) is 5.07. The number of halogens is 1. The second-order valence-electron chi connectivity index (χ2n) is 6.89. The van der Waals surface area contributed by atoms with E-state index in [1.165, 1.54) is 45.1 Å². The zero-order valence-electron chi connectivity index (χ0n) is 16.1. The molecule has 1 aromatic carbocycles. The summed E-state index contributed by atoms with van der Waals surface area (Å²) in [5.41, 5.74) is 9.11. The van der Waals surface area contributed by atoms with Crippen LogP contribution < -0.4 is 5.73 Å². The maximum absolute atomic E-state index is 13.4. The van der Waals surface area contributed by atoms with Gasteiger partial charge in [-0.3, -0.25) is 0 Å². The fourth-order valence-corrected chi connectivity index (χ4v) is 3.47. The molecule has 0 saturated carbocycles. The summed E-state index contributed by atoms with van der Waals surface area (Å²) in [4.78, 5) is 5.42. The molecule has 0 spiro atoms. The lowest BCUT2D eigenvalue weighted by molar-refractivity contribution is 0.240. The molecule has 1 fully saturated rings. The highest BCUT2D eigenvalue weighted by Gasteiger charge is 2.10. The fraction of sp³-hybridized carbons (Fsp3) is 0.429. The van der Waals surface area contributed by atoms with Crippen molar-refractivity contribution in [2.24, 2.45) is 0 Å². The number of likely N-dealkylation sites (tertiary alicyclic amines) is 1. The SMILES string of the molecule is CCN1CCCCC1.CCc1cc(N)nnc1-c1ccc2c(F)c[nH]c2c1. The molecule has 0 amide bonds. The lowest BCUT2D eigenvalue weighted by Crippen LogP contribution is -2.29. The number of benzene rings is 1. The van der Waals surface area contributed by atoms with Crippen LogP contribution in [0.15, 0.2) is 30.5 Å². The van der Waals surface area contributed by atoms with E-state index in [0.717, 1.165) is 28.8 Å². The van der Waals surface area contributed by atoms with E-state index in [1.54, 1.807) is 6.07 Å². The molecule has 3 N–H and O–H groups in total. The van der Waals surface area contributed by atoms with Crippen LogP contribution in [-0.4, -0.2) is 39.7 Å². The highest BCUT2D eigenvalue weighted by atomic mass is 19.1. The summed E-state index contributed by atoms with van der Waals surface area (Å²) in [5.74, 6) is 0.160. The Labute approximate surface area is 159 Å². The molecule has 3 aromatic rings. The highest BCUT2D eigenvalue weighted by Crippen LogP contribution is 2.26. The topological polar surface area (TPSA) is 70.8 Å². The minimum Gasteiger partial charge on any atom is -0.382 e. The number of aromatic amines is 1. The molecule has 0 radical (unpaired) electrons. The van der Waals surface area contributed by atoms with Crippen molar-refractivity contribution in [1.82, 2.24) is 20.1 Å². The number of hydrogen-bond acceptors (Lipinski definition) is 4. The summed E-state index contributed by atoms with van der Waals surface area (Å²) < 4.78 is 13.4. The molecular weight excluding hydrogens is 341 g/mol. The van der Waals surface area contributed by atoms with E-state index in [2.05, 4.69) is 27.0 Å². The predicted octanol–water partition coefficient (Wildman–Crippen LogP) is 4.40. The largest absolute Gasteiger partial charge is 0.382 e. The average molecular weight is 369 g/mol. The van der Waals surface area contributed by atoms with Crippen molar-refractivity contribution in [1.29, 1.82) is 0 Å².